The fraction of sp³-hybridized carbons (Fsp3) is 0.233. The first-order chi connectivity index (χ1) is 20.2. The largest absolute Gasteiger partial charge is 0.619 e. The van der Waals surface area contributed by atoms with Gasteiger partial charge in [-0.15, -0.1) is 11.3 Å². The van der Waals surface area contributed by atoms with Gasteiger partial charge in [-0.05, 0) is 47.9 Å². The molecule has 2 heterocycles. The van der Waals surface area contributed by atoms with E-state index < -0.39 is 18.7 Å². The van der Waals surface area contributed by atoms with E-state index in [0.29, 0.717) is 33.9 Å². The molecule has 1 atom stereocenters. The minimum absolute atomic E-state index is 0.0393. The van der Waals surface area contributed by atoms with Crippen molar-refractivity contribution in [1.82, 2.24) is 0 Å². The minimum atomic E-state index is -3.08. The Morgan fingerprint density at radius 1 is 1.02 bits per heavy atom. The third-order valence-corrected chi connectivity index (χ3v) is 8.10. The van der Waals surface area contributed by atoms with Crippen LogP contribution in [-0.2, 0) is 11.2 Å². The van der Waals surface area contributed by atoms with Crippen LogP contribution < -0.4 is 14.2 Å². The molecule has 0 aliphatic heterocycles. The molecule has 2 aromatic heterocycles. The van der Waals surface area contributed by atoms with Gasteiger partial charge in [-0.2, -0.15) is 13.5 Å². The normalized spacial score (nSPS) is 13.5. The van der Waals surface area contributed by atoms with Crippen LogP contribution in [0.1, 0.15) is 55.7 Å². The number of carbonyl (C=O) groups excluding carboxylic acids is 2. The molecule has 1 fully saturated rings. The lowest BCUT2D eigenvalue weighted by molar-refractivity contribution is -0.605. The van der Waals surface area contributed by atoms with Crippen molar-refractivity contribution in [3.05, 3.63) is 115 Å². The van der Waals surface area contributed by atoms with Gasteiger partial charge in [-0.3, -0.25) is 4.79 Å². The number of nitrogens with zero attached hydrogens (tertiary/aromatic N) is 1. The second-order valence-corrected chi connectivity index (χ2v) is 11.3. The van der Waals surface area contributed by atoms with Crippen LogP contribution in [0.2, 0.25) is 10.0 Å². The average Bonchev–Trinajstić information content (AvgIpc) is 3.66. The third-order valence-electron chi connectivity index (χ3n) is 6.55. The number of halogens is 4. The molecular formula is C30H23Cl2F2NO6S. The van der Waals surface area contributed by atoms with Crippen molar-refractivity contribution >= 4 is 46.3 Å². The molecule has 4 aromatic rings. The molecule has 0 unspecified atom stereocenters. The Labute approximate surface area is 253 Å². The number of alkyl halides is 2. The van der Waals surface area contributed by atoms with Crippen molar-refractivity contribution in [2.45, 2.75) is 32.0 Å². The number of pyridine rings is 1. The highest BCUT2D eigenvalue weighted by molar-refractivity contribution is 7.12. The SMILES string of the molecule is O=C(c1ccccc1)c1ccsc1C(=O)O[C@@H](Cc1c(Cl)c[n+]([O-])cc1Cl)c1ccc(OC(F)F)c(OCC2CC2)c1. The molecule has 0 bridgehead atoms. The van der Waals surface area contributed by atoms with Crippen molar-refractivity contribution in [1.29, 1.82) is 0 Å². The molecule has 0 radical (unpaired) electrons. The van der Waals surface area contributed by atoms with Gasteiger partial charge in [-0.1, -0.05) is 59.6 Å². The van der Waals surface area contributed by atoms with E-state index in [1.165, 1.54) is 18.2 Å². The number of hydrogen-bond donors (Lipinski definition) is 0. The number of benzene rings is 2. The zero-order valence-electron chi connectivity index (χ0n) is 21.8. The summed E-state index contributed by atoms with van der Waals surface area (Å²) in [7, 11) is 0. The summed E-state index contributed by atoms with van der Waals surface area (Å²) in [6.45, 7) is -2.76. The molecule has 5 rings (SSSR count). The van der Waals surface area contributed by atoms with Gasteiger partial charge < -0.3 is 19.4 Å². The second kappa shape index (κ2) is 13.1. The molecular weight excluding hydrogens is 611 g/mol. The van der Waals surface area contributed by atoms with Crippen LogP contribution in [0.25, 0.3) is 0 Å². The molecule has 1 saturated carbocycles. The second-order valence-electron chi connectivity index (χ2n) is 9.59. The maximum atomic E-state index is 13.5. The first kappa shape index (κ1) is 29.8. The van der Waals surface area contributed by atoms with E-state index in [0.717, 1.165) is 36.6 Å². The minimum Gasteiger partial charge on any atom is -0.619 e. The van der Waals surface area contributed by atoms with Crippen LogP contribution in [0.5, 0.6) is 11.5 Å². The van der Waals surface area contributed by atoms with Crippen LogP contribution in [-0.4, -0.2) is 25.0 Å². The van der Waals surface area contributed by atoms with Gasteiger partial charge in [-0.25, -0.2) is 4.79 Å². The molecule has 0 amide bonds. The van der Waals surface area contributed by atoms with E-state index in [2.05, 4.69) is 4.74 Å². The monoisotopic (exact) mass is 633 g/mol. The smallest absolute Gasteiger partial charge is 0.387 e. The van der Waals surface area contributed by atoms with Crippen molar-refractivity contribution in [2.24, 2.45) is 5.92 Å². The van der Waals surface area contributed by atoms with Gasteiger partial charge in [0.1, 0.15) is 21.0 Å². The van der Waals surface area contributed by atoms with E-state index in [1.54, 1.807) is 41.8 Å². The summed E-state index contributed by atoms with van der Waals surface area (Å²) in [5.74, 6) is -0.929. The standard InChI is InChI=1S/C30H23Cl2F2NO6S/c31-22-14-35(38)15-23(32)21(22)13-25(19-8-9-24(41-30(33)34)26(12-19)39-16-17-6-7-17)40-29(37)28-20(10-11-42-28)27(36)18-4-2-1-3-5-18/h1-5,8-12,14-15,17,25,30H,6-7,13,16H2/t25-/m0/s1. The maximum absolute atomic E-state index is 13.5. The van der Waals surface area contributed by atoms with E-state index in [4.69, 9.17) is 32.7 Å². The molecule has 0 saturated heterocycles. The van der Waals surface area contributed by atoms with E-state index in [9.17, 15) is 23.6 Å². The lowest BCUT2D eigenvalue weighted by Gasteiger charge is -2.21. The first-order valence-corrected chi connectivity index (χ1v) is 14.5. The van der Waals surface area contributed by atoms with Crippen LogP contribution in [0.15, 0.2) is 72.4 Å². The Bertz CT molecular complexity index is 1570. The number of thiophene rings is 1. The van der Waals surface area contributed by atoms with Crippen LogP contribution in [0, 0.1) is 11.1 Å². The summed E-state index contributed by atoms with van der Waals surface area (Å²) in [6, 6.07) is 14.3. The summed E-state index contributed by atoms with van der Waals surface area (Å²) in [5.41, 5.74) is 1.27. The number of aromatic nitrogens is 1. The number of ketones is 1. The number of hydrogen-bond acceptors (Lipinski definition) is 7. The van der Waals surface area contributed by atoms with E-state index in [1.807, 2.05) is 0 Å². The van der Waals surface area contributed by atoms with Gasteiger partial charge in [0, 0.05) is 23.1 Å². The lowest BCUT2D eigenvalue weighted by Crippen LogP contribution is -2.25. The summed E-state index contributed by atoms with van der Waals surface area (Å²) in [6.07, 6.45) is 3.03. The summed E-state index contributed by atoms with van der Waals surface area (Å²) in [4.78, 5) is 26.8. The first-order valence-electron chi connectivity index (χ1n) is 12.9. The Morgan fingerprint density at radius 2 is 1.74 bits per heavy atom. The number of rotatable bonds is 12. The Balaban J connectivity index is 1.49. The highest BCUT2D eigenvalue weighted by Crippen LogP contribution is 2.38. The predicted octanol–water partition coefficient (Wildman–Crippen LogP) is 7.45. The summed E-state index contributed by atoms with van der Waals surface area (Å²) >= 11 is 13.7. The molecule has 1 aliphatic carbocycles. The van der Waals surface area contributed by atoms with Crippen molar-refractivity contribution in [2.75, 3.05) is 6.61 Å². The lowest BCUT2D eigenvalue weighted by atomic mass is 10.0. The Hall–Kier alpha value is -3.73. The number of carbonyl (C=O) groups is 2. The van der Waals surface area contributed by atoms with Gasteiger partial charge in [0.05, 0.1) is 6.61 Å². The zero-order chi connectivity index (χ0) is 29.8. The highest BCUT2D eigenvalue weighted by atomic mass is 35.5. The zero-order valence-corrected chi connectivity index (χ0v) is 24.1. The van der Waals surface area contributed by atoms with Crippen molar-refractivity contribution in [3.8, 4) is 11.5 Å². The maximum Gasteiger partial charge on any atom is 0.387 e. The highest BCUT2D eigenvalue weighted by Gasteiger charge is 2.29. The molecule has 12 heteroatoms. The van der Waals surface area contributed by atoms with Crippen LogP contribution >= 0.6 is 34.5 Å². The number of esters is 1. The molecule has 0 spiro atoms. The van der Waals surface area contributed by atoms with Gasteiger partial charge >= 0.3 is 12.6 Å². The summed E-state index contributed by atoms with van der Waals surface area (Å²) < 4.78 is 43.0. The molecule has 1 aliphatic rings. The van der Waals surface area contributed by atoms with E-state index in [-0.39, 0.29) is 44.2 Å². The van der Waals surface area contributed by atoms with Crippen molar-refractivity contribution in [3.63, 3.8) is 0 Å². The van der Waals surface area contributed by atoms with Gasteiger partial charge in [0.25, 0.3) is 0 Å². The Morgan fingerprint density at radius 3 is 2.40 bits per heavy atom. The Kier molecular flexibility index (Phi) is 9.25. The van der Waals surface area contributed by atoms with Crippen LogP contribution in [0.3, 0.4) is 0 Å². The predicted molar refractivity (Wildman–Crippen MR) is 153 cm³/mol. The van der Waals surface area contributed by atoms with Gasteiger partial charge in [0.2, 0.25) is 0 Å². The molecule has 42 heavy (non-hydrogen) atoms. The fourth-order valence-electron chi connectivity index (χ4n) is 4.24. The van der Waals surface area contributed by atoms with Crippen LogP contribution in [0.4, 0.5) is 8.78 Å². The van der Waals surface area contributed by atoms with E-state index >= 15 is 0 Å². The average molecular weight is 634 g/mol. The number of ether oxygens (including phenoxy) is 3. The molecule has 2 aromatic carbocycles. The topological polar surface area (TPSA) is 88.8 Å². The quantitative estimate of drug-likeness (QED) is 0.0697. The molecule has 7 nitrogen and oxygen atoms in total. The molecule has 0 N–H and O–H groups in total. The molecule has 218 valence electrons. The van der Waals surface area contributed by atoms with Crippen molar-refractivity contribution < 1.29 is 37.3 Å². The summed E-state index contributed by atoms with van der Waals surface area (Å²) in [5, 5.41) is 13.5. The van der Waals surface area contributed by atoms with Gasteiger partial charge in [0.15, 0.2) is 29.7 Å². The fourth-order valence-corrected chi connectivity index (χ4v) is 5.61. The third kappa shape index (κ3) is 7.18.